The summed E-state index contributed by atoms with van der Waals surface area (Å²) in [6, 6.07) is 13.9. The lowest BCUT2D eigenvalue weighted by Crippen LogP contribution is -2.27. The Labute approximate surface area is 141 Å². The summed E-state index contributed by atoms with van der Waals surface area (Å²) in [6.07, 6.45) is 1.63. The van der Waals surface area contributed by atoms with Gasteiger partial charge < -0.3 is 0 Å². The number of anilines is 1. The molecule has 22 heavy (non-hydrogen) atoms. The number of carbonyl (C=O) groups is 2. The van der Waals surface area contributed by atoms with Crippen LogP contribution in [0.25, 0.3) is 6.08 Å². The van der Waals surface area contributed by atoms with E-state index in [9.17, 15) is 9.59 Å². The maximum absolute atomic E-state index is 12.4. The van der Waals surface area contributed by atoms with Crippen molar-refractivity contribution in [1.82, 2.24) is 0 Å². The molecular formula is C16H9Cl2NO2S. The number of imide groups is 1. The van der Waals surface area contributed by atoms with Gasteiger partial charge in [0, 0.05) is 0 Å². The molecule has 0 unspecified atom stereocenters. The fourth-order valence-electron chi connectivity index (χ4n) is 2.02. The molecule has 6 heteroatoms. The number of hydrogen-bond donors (Lipinski definition) is 0. The van der Waals surface area contributed by atoms with Crippen LogP contribution in [0.15, 0.2) is 53.4 Å². The van der Waals surface area contributed by atoms with E-state index in [1.807, 2.05) is 6.07 Å². The molecule has 3 rings (SSSR count). The summed E-state index contributed by atoms with van der Waals surface area (Å²) in [5.74, 6) is -0.340. The minimum absolute atomic E-state index is 0.317. The van der Waals surface area contributed by atoms with Crippen molar-refractivity contribution in [2.75, 3.05) is 4.90 Å². The number of thioether (sulfide) groups is 1. The van der Waals surface area contributed by atoms with Crippen LogP contribution < -0.4 is 4.90 Å². The number of hydrogen-bond acceptors (Lipinski definition) is 3. The van der Waals surface area contributed by atoms with Crippen molar-refractivity contribution < 1.29 is 9.59 Å². The maximum Gasteiger partial charge on any atom is 0.298 e. The molecular weight excluding hydrogens is 341 g/mol. The van der Waals surface area contributed by atoms with Gasteiger partial charge in [-0.2, -0.15) is 0 Å². The van der Waals surface area contributed by atoms with Gasteiger partial charge >= 0.3 is 0 Å². The van der Waals surface area contributed by atoms with Gasteiger partial charge in [-0.05, 0) is 47.7 Å². The minimum Gasteiger partial charge on any atom is -0.268 e. The highest BCUT2D eigenvalue weighted by Crippen LogP contribution is 2.36. The molecule has 2 aromatic carbocycles. The van der Waals surface area contributed by atoms with Gasteiger partial charge in [0.2, 0.25) is 0 Å². The predicted octanol–water partition coefficient (Wildman–Crippen LogP) is 5.23. The van der Waals surface area contributed by atoms with Gasteiger partial charge in [0.05, 0.1) is 20.6 Å². The standard InChI is InChI=1S/C16H9Cl2NO2S/c17-12-7-6-10(8-13(12)18)9-14-15(20)19(16(21)22-14)11-4-2-1-3-5-11/h1-9H. The van der Waals surface area contributed by atoms with Crippen LogP contribution in [0.3, 0.4) is 0 Å². The van der Waals surface area contributed by atoms with Crippen molar-refractivity contribution in [2.45, 2.75) is 0 Å². The number of halogens is 2. The summed E-state index contributed by atoms with van der Waals surface area (Å²) in [5, 5.41) is 0.524. The molecule has 0 bridgehead atoms. The van der Waals surface area contributed by atoms with Crippen LogP contribution in [0.2, 0.25) is 10.0 Å². The molecule has 2 amide bonds. The Bertz CT molecular complexity index is 790. The third-order valence-corrected chi connectivity index (χ3v) is 4.66. The molecule has 1 fully saturated rings. The first-order chi connectivity index (χ1) is 10.6. The van der Waals surface area contributed by atoms with E-state index in [4.69, 9.17) is 23.2 Å². The number of benzene rings is 2. The Morgan fingerprint density at radius 2 is 1.68 bits per heavy atom. The second-order valence-corrected chi connectivity index (χ2v) is 6.33. The van der Waals surface area contributed by atoms with Crippen molar-refractivity contribution in [3.8, 4) is 0 Å². The van der Waals surface area contributed by atoms with Crippen LogP contribution in [0, 0.1) is 0 Å². The molecule has 3 nitrogen and oxygen atoms in total. The Kier molecular flexibility index (Phi) is 4.25. The zero-order valence-corrected chi connectivity index (χ0v) is 13.5. The fraction of sp³-hybridized carbons (Fsp3) is 0. The Morgan fingerprint density at radius 1 is 0.955 bits per heavy atom. The summed E-state index contributed by atoms with van der Waals surface area (Å²) in [4.78, 5) is 26.0. The van der Waals surface area contributed by atoms with E-state index in [0.29, 0.717) is 26.2 Å². The van der Waals surface area contributed by atoms with Gasteiger partial charge in [-0.3, -0.25) is 9.59 Å². The maximum atomic E-state index is 12.4. The van der Waals surface area contributed by atoms with Crippen LogP contribution in [-0.4, -0.2) is 11.1 Å². The molecule has 1 aliphatic heterocycles. The number of rotatable bonds is 2. The monoisotopic (exact) mass is 349 g/mol. The first-order valence-electron chi connectivity index (χ1n) is 6.34. The number of nitrogens with zero attached hydrogens (tertiary/aromatic N) is 1. The molecule has 0 N–H and O–H groups in total. The van der Waals surface area contributed by atoms with Crippen molar-refractivity contribution in [3.05, 3.63) is 69.0 Å². The number of para-hydroxylation sites is 1. The van der Waals surface area contributed by atoms with Gasteiger partial charge in [-0.1, -0.05) is 47.5 Å². The molecule has 110 valence electrons. The molecule has 0 radical (unpaired) electrons. The van der Waals surface area contributed by atoms with Gasteiger partial charge in [-0.15, -0.1) is 0 Å². The van der Waals surface area contributed by atoms with Gasteiger partial charge in [0.25, 0.3) is 11.1 Å². The molecule has 1 aliphatic rings. The molecule has 1 saturated heterocycles. The third kappa shape index (κ3) is 2.90. The SMILES string of the molecule is O=C1SC(=Cc2ccc(Cl)c(Cl)c2)C(=O)N1c1ccccc1. The smallest absolute Gasteiger partial charge is 0.268 e. The number of carbonyl (C=O) groups excluding carboxylic acids is 2. The van der Waals surface area contributed by atoms with Crippen LogP contribution in [0.4, 0.5) is 10.5 Å². The molecule has 2 aromatic rings. The van der Waals surface area contributed by atoms with E-state index >= 15 is 0 Å². The molecule has 0 spiro atoms. The van der Waals surface area contributed by atoms with Crippen LogP contribution in [0.5, 0.6) is 0 Å². The van der Waals surface area contributed by atoms with Crippen molar-refractivity contribution in [1.29, 1.82) is 0 Å². The van der Waals surface area contributed by atoms with E-state index in [0.717, 1.165) is 16.7 Å². The summed E-state index contributed by atoms with van der Waals surface area (Å²) in [7, 11) is 0. The minimum atomic E-state index is -0.340. The summed E-state index contributed by atoms with van der Waals surface area (Å²) < 4.78 is 0. The largest absolute Gasteiger partial charge is 0.298 e. The summed E-state index contributed by atoms with van der Waals surface area (Å²) in [6.45, 7) is 0. The average Bonchev–Trinajstić information content (AvgIpc) is 2.78. The van der Waals surface area contributed by atoms with Crippen LogP contribution in [0.1, 0.15) is 5.56 Å². The highest BCUT2D eigenvalue weighted by molar-refractivity contribution is 8.19. The second kappa shape index (κ2) is 6.16. The Morgan fingerprint density at radius 3 is 2.36 bits per heavy atom. The third-order valence-electron chi connectivity index (χ3n) is 3.05. The Balaban J connectivity index is 1.93. The molecule has 0 saturated carbocycles. The van der Waals surface area contributed by atoms with Crippen LogP contribution in [-0.2, 0) is 4.79 Å². The van der Waals surface area contributed by atoms with Gasteiger partial charge in [0.15, 0.2) is 0 Å². The van der Waals surface area contributed by atoms with Crippen molar-refractivity contribution in [3.63, 3.8) is 0 Å². The quantitative estimate of drug-likeness (QED) is 0.696. The summed E-state index contributed by atoms with van der Waals surface area (Å²) >= 11 is 12.7. The predicted molar refractivity (Wildman–Crippen MR) is 91.4 cm³/mol. The normalized spacial score (nSPS) is 16.6. The second-order valence-electron chi connectivity index (χ2n) is 4.53. The first kappa shape index (κ1) is 15.2. The zero-order valence-electron chi connectivity index (χ0n) is 11.1. The van der Waals surface area contributed by atoms with E-state index in [1.165, 1.54) is 0 Å². The molecule has 0 aliphatic carbocycles. The zero-order chi connectivity index (χ0) is 15.7. The van der Waals surface area contributed by atoms with Crippen molar-refractivity contribution in [2.24, 2.45) is 0 Å². The van der Waals surface area contributed by atoms with Crippen LogP contribution >= 0.6 is 35.0 Å². The lowest BCUT2D eigenvalue weighted by molar-refractivity contribution is -0.113. The fourth-order valence-corrected chi connectivity index (χ4v) is 3.17. The van der Waals surface area contributed by atoms with Gasteiger partial charge in [0.1, 0.15) is 0 Å². The lowest BCUT2D eigenvalue weighted by Gasteiger charge is -2.11. The summed E-state index contributed by atoms with van der Waals surface area (Å²) in [5.41, 5.74) is 1.27. The topological polar surface area (TPSA) is 37.4 Å². The lowest BCUT2D eigenvalue weighted by atomic mass is 10.2. The first-order valence-corrected chi connectivity index (χ1v) is 7.91. The number of amides is 2. The highest BCUT2D eigenvalue weighted by Gasteiger charge is 2.36. The Hall–Kier alpha value is -1.75. The average molecular weight is 350 g/mol. The molecule has 1 heterocycles. The van der Waals surface area contributed by atoms with E-state index in [2.05, 4.69) is 0 Å². The highest BCUT2D eigenvalue weighted by atomic mass is 35.5. The molecule has 0 atom stereocenters. The van der Waals surface area contributed by atoms with Gasteiger partial charge in [-0.25, -0.2) is 4.90 Å². The van der Waals surface area contributed by atoms with E-state index in [-0.39, 0.29) is 11.1 Å². The van der Waals surface area contributed by atoms with Crippen molar-refractivity contribution >= 4 is 57.9 Å². The van der Waals surface area contributed by atoms with E-state index in [1.54, 1.807) is 48.5 Å². The molecule has 0 aromatic heterocycles. The van der Waals surface area contributed by atoms with E-state index < -0.39 is 0 Å².